The monoisotopic (exact) mass is 530 g/mol. The second-order valence-electron chi connectivity index (χ2n) is 8.02. The minimum Gasteiger partial charge on any atom is -0.377 e. The molecular weight excluding hydrogens is 492 g/mol. The van der Waals surface area contributed by atoms with E-state index in [0.717, 1.165) is 32.0 Å². The number of piperidine rings is 1. The Morgan fingerprint density at radius 2 is 1.27 bits per heavy atom. The van der Waals surface area contributed by atoms with Crippen LogP contribution in [0, 0.1) is 20.2 Å². The van der Waals surface area contributed by atoms with Crippen molar-refractivity contribution in [2.24, 2.45) is 0 Å². The number of ether oxygens (including phenoxy) is 6. The lowest BCUT2D eigenvalue weighted by Gasteiger charge is -2.22. The molecule has 0 spiro atoms. The Hall–Kier alpha value is -2.46. The van der Waals surface area contributed by atoms with Crippen LogP contribution in [-0.4, -0.2) is 108 Å². The van der Waals surface area contributed by atoms with Crippen LogP contribution in [0.4, 0.5) is 17.1 Å². The fourth-order valence-corrected chi connectivity index (χ4v) is 3.41. The average molecular weight is 531 g/mol. The van der Waals surface area contributed by atoms with Gasteiger partial charge in [0.15, 0.2) is 0 Å². The SMILES string of the molecule is O=[N+]([O-])c1ccc(NCCOCCOCCOCCOCCOCCOC2CCNCC2)c([N+](=O)[O-])c1. The molecular formula is C23H38N4O10. The van der Waals surface area contributed by atoms with Gasteiger partial charge in [-0.15, -0.1) is 0 Å². The first-order valence-electron chi connectivity index (χ1n) is 12.5. The third-order valence-electron chi connectivity index (χ3n) is 5.31. The van der Waals surface area contributed by atoms with E-state index in [1.165, 1.54) is 12.1 Å². The van der Waals surface area contributed by atoms with Gasteiger partial charge in [0.1, 0.15) is 5.69 Å². The fraction of sp³-hybridized carbons (Fsp3) is 0.739. The minimum atomic E-state index is -0.676. The van der Waals surface area contributed by atoms with Crippen LogP contribution in [0.2, 0.25) is 0 Å². The number of hydrogen-bond acceptors (Lipinski definition) is 12. The van der Waals surface area contributed by atoms with Crippen molar-refractivity contribution >= 4 is 17.1 Å². The summed E-state index contributed by atoms with van der Waals surface area (Å²) in [6.45, 7) is 7.43. The molecule has 0 atom stereocenters. The molecule has 14 nitrogen and oxygen atoms in total. The van der Waals surface area contributed by atoms with E-state index in [1.54, 1.807) is 0 Å². The van der Waals surface area contributed by atoms with Gasteiger partial charge in [0.2, 0.25) is 0 Å². The van der Waals surface area contributed by atoms with Crippen LogP contribution in [0.3, 0.4) is 0 Å². The summed E-state index contributed by atoms with van der Waals surface area (Å²) < 4.78 is 32.9. The van der Waals surface area contributed by atoms with Gasteiger partial charge in [-0.3, -0.25) is 20.2 Å². The van der Waals surface area contributed by atoms with E-state index in [-0.39, 0.29) is 17.1 Å². The molecule has 1 saturated heterocycles. The Morgan fingerprint density at radius 3 is 1.78 bits per heavy atom. The molecule has 0 unspecified atom stereocenters. The van der Waals surface area contributed by atoms with Gasteiger partial charge in [0.05, 0.1) is 94.7 Å². The van der Waals surface area contributed by atoms with Gasteiger partial charge in [0, 0.05) is 12.6 Å². The van der Waals surface area contributed by atoms with Gasteiger partial charge >= 0.3 is 0 Å². The number of non-ortho nitro benzene ring substituents is 1. The maximum Gasteiger partial charge on any atom is 0.299 e. The van der Waals surface area contributed by atoms with Crippen molar-refractivity contribution in [3.8, 4) is 0 Å². The number of nitrogens with zero attached hydrogens (tertiary/aromatic N) is 2. The molecule has 1 fully saturated rings. The fourth-order valence-electron chi connectivity index (χ4n) is 3.41. The van der Waals surface area contributed by atoms with E-state index in [1.807, 2.05) is 0 Å². The van der Waals surface area contributed by atoms with Crippen LogP contribution in [0.25, 0.3) is 0 Å². The molecule has 1 aromatic rings. The molecule has 0 amide bonds. The largest absolute Gasteiger partial charge is 0.377 e. The third kappa shape index (κ3) is 14.2. The Bertz CT molecular complexity index is 780. The zero-order chi connectivity index (χ0) is 26.6. The Kier molecular flexibility index (Phi) is 16.3. The Balaban J connectivity index is 1.31. The quantitative estimate of drug-likeness (QED) is 0.127. The molecule has 37 heavy (non-hydrogen) atoms. The summed E-state index contributed by atoms with van der Waals surface area (Å²) in [4.78, 5) is 20.5. The Morgan fingerprint density at radius 1 is 0.757 bits per heavy atom. The normalized spacial score (nSPS) is 14.1. The smallest absolute Gasteiger partial charge is 0.299 e. The Labute approximate surface area is 216 Å². The van der Waals surface area contributed by atoms with Gasteiger partial charge in [0.25, 0.3) is 11.4 Å². The summed E-state index contributed by atoms with van der Waals surface area (Å²) in [6.07, 6.45) is 2.47. The predicted octanol–water partition coefficient (Wildman–Crippen LogP) is 1.77. The molecule has 0 aromatic heterocycles. The standard InChI is InChI=1S/C23H38N4O10/c28-26(29)20-1-2-22(23(19-20)27(30)31)25-7-8-32-9-10-33-11-12-34-13-14-35-15-16-36-17-18-37-21-3-5-24-6-4-21/h1-2,19,21,24-25H,3-18H2. The summed E-state index contributed by atoms with van der Waals surface area (Å²) in [5.41, 5.74) is -0.497. The molecule has 0 radical (unpaired) electrons. The van der Waals surface area contributed by atoms with Gasteiger partial charge in [-0.05, 0) is 32.0 Å². The van der Waals surface area contributed by atoms with Gasteiger partial charge in [-0.25, -0.2) is 0 Å². The summed E-state index contributed by atoms with van der Waals surface area (Å²) in [5.74, 6) is 0. The molecule has 1 aromatic carbocycles. The van der Waals surface area contributed by atoms with Crippen molar-refractivity contribution in [1.82, 2.24) is 5.32 Å². The summed E-state index contributed by atoms with van der Waals surface area (Å²) in [5, 5.41) is 28.0. The van der Waals surface area contributed by atoms with E-state index in [4.69, 9.17) is 28.4 Å². The lowest BCUT2D eigenvalue weighted by Crippen LogP contribution is -2.33. The zero-order valence-corrected chi connectivity index (χ0v) is 21.1. The van der Waals surface area contributed by atoms with E-state index in [0.29, 0.717) is 85.3 Å². The summed E-state index contributed by atoms with van der Waals surface area (Å²) in [6, 6.07) is 3.44. The number of nitro benzene ring substituents is 2. The molecule has 0 saturated carbocycles. The molecule has 1 aliphatic heterocycles. The molecule has 0 bridgehead atoms. The highest BCUT2D eigenvalue weighted by Gasteiger charge is 2.19. The zero-order valence-electron chi connectivity index (χ0n) is 21.1. The van der Waals surface area contributed by atoms with Crippen LogP contribution in [0.5, 0.6) is 0 Å². The van der Waals surface area contributed by atoms with Crippen molar-refractivity contribution in [2.45, 2.75) is 18.9 Å². The summed E-state index contributed by atoms with van der Waals surface area (Å²) >= 11 is 0. The number of rotatable bonds is 22. The lowest BCUT2D eigenvalue weighted by molar-refractivity contribution is -0.393. The topological polar surface area (TPSA) is 166 Å². The first kappa shape index (κ1) is 30.8. The first-order chi connectivity index (χ1) is 18.1. The second kappa shape index (κ2) is 19.6. The number of benzene rings is 1. The highest BCUT2D eigenvalue weighted by Crippen LogP contribution is 2.28. The van der Waals surface area contributed by atoms with Gasteiger partial charge in [-0.1, -0.05) is 0 Å². The van der Waals surface area contributed by atoms with E-state index in [2.05, 4.69) is 10.6 Å². The van der Waals surface area contributed by atoms with E-state index in [9.17, 15) is 20.2 Å². The molecule has 210 valence electrons. The van der Waals surface area contributed by atoms with E-state index < -0.39 is 9.85 Å². The molecule has 2 rings (SSSR count). The maximum atomic E-state index is 11.1. The van der Waals surface area contributed by atoms with Crippen molar-refractivity contribution in [1.29, 1.82) is 0 Å². The minimum absolute atomic E-state index is 0.196. The lowest BCUT2D eigenvalue weighted by atomic mass is 10.1. The number of hydrogen-bond donors (Lipinski definition) is 2. The highest BCUT2D eigenvalue weighted by molar-refractivity contribution is 5.65. The second-order valence-corrected chi connectivity index (χ2v) is 8.02. The average Bonchev–Trinajstić information content (AvgIpc) is 2.90. The highest BCUT2D eigenvalue weighted by atomic mass is 16.6. The van der Waals surface area contributed by atoms with Crippen LogP contribution in [0.15, 0.2) is 18.2 Å². The van der Waals surface area contributed by atoms with E-state index >= 15 is 0 Å². The number of nitro groups is 2. The van der Waals surface area contributed by atoms with Crippen molar-refractivity contribution in [2.75, 3.05) is 97.6 Å². The maximum absolute atomic E-state index is 11.1. The van der Waals surface area contributed by atoms with Crippen molar-refractivity contribution in [3.05, 3.63) is 38.4 Å². The predicted molar refractivity (Wildman–Crippen MR) is 134 cm³/mol. The van der Waals surface area contributed by atoms with Crippen molar-refractivity contribution in [3.63, 3.8) is 0 Å². The van der Waals surface area contributed by atoms with Crippen LogP contribution in [0.1, 0.15) is 12.8 Å². The number of anilines is 1. The van der Waals surface area contributed by atoms with Crippen molar-refractivity contribution < 1.29 is 38.3 Å². The third-order valence-corrected chi connectivity index (χ3v) is 5.31. The molecule has 1 heterocycles. The van der Waals surface area contributed by atoms with Gasteiger partial charge in [-0.2, -0.15) is 0 Å². The molecule has 2 N–H and O–H groups in total. The molecule has 0 aliphatic carbocycles. The van der Waals surface area contributed by atoms with Crippen LogP contribution < -0.4 is 10.6 Å². The first-order valence-corrected chi connectivity index (χ1v) is 12.5. The molecule has 14 heteroatoms. The van der Waals surface area contributed by atoms with Crippen LogP contribution in [-0.2, 0) is 28.4 Å². The summed E-state index contributed by atoms with van der Waals surface area (Å²) in [7, 11) is 0. The van der Waals surface area contributed by atoms with Gasteiger partial charge < -0.3 is 39.1 Å². The number of nitrogens with one attached hydrogen (secondary N) is 2. The van der Waals surface area contributed by atoms with Crippen LogP contribution >= 0.6 is 0 Å². The molecule has 1 aliphatic rings.